The number of nitrogen functional groups attached to an aromatic ring is 1. The lowest BCUT2D eigenvalue weighted by Gasteiger charge is -2.17. The molecule has 10 heteroatoms. The summed E-state index contributed by atoms with van der Waals surface area (Å²) >= 11 is 0. The Bertz CT molecular complexity index is 1870. The van der Waals surface area contributed by atoms with Crippen LogP contribution in [0.3, 0.4) is 0 Å². The lowest BCUT2D eigenvalue weighted by Crippen LogP contribution is -2.21. The molecule has 0 aliphatic rings. The van der Waals surface area contributed by atoms with Gasteiger partial charge in [0.25, 0.3) is 0 Å². The third kappa shape index (κ3) is 5.73. The van der Waals surface area contributed by atoms with Gasteiger partial charge >= 0.3 is 12.1 Å². The third-order valence-corrected chi connectivity index (χ3v) is 7.23. The van der Waals surface area contributed by atoms with E-state index in [2.05, 4.69) is 31.2 Å². The van der Waals surface area contributed by atoms with Crippen LogP contribution in [0.1, 0.15) is 22.5 Å². The Kier molecular flexibility index (Phi) is 7.54. The zero-order valence-electron chi connectivity index (χ0n) is 24.5. The number of carbonyl (C=O) groups excluding carboxylic acids is 2. The van der Waals surface area contributed by atoms with Gasteiger partial charge in [-0.15, -0.1) is 0 Å². The van der Waals surface area contributed by atoms with Crippen LogP contribution in [0.2, 0.25) is 0 Å². The van der Waals surface area contributed by atoms with E-state index in [0.717, 1.165) is 50.0 Å². The number of nitrogens with two attached hydrogens (primary N) is 1. The van der Waals surface area contributed by atoms with E-state index in [1.54, 1.807) is 24.3 Å². The van der Waals surface area contributed by atoms with Crippen molar-refractivity contribution in [1.82, 2.24) is 9.97 Å². The summed E-state index contributed by atoms with van der Waals surface area (Å²) in [6.45, 7) is 7.72. The number of aromatic nitrogens is 2. The van der Waals surface area contributed by atoms with Crippen molar-refractivity contribution >= 4 is 68.0 Å². The minimum atomic E-state index is -0.425. The Morgan fingerprint density at radius 2 is 1.33 bits per heavy atom. The molecule has 0 radical (unpaired) electrons. The summed E-state index contributed by atoms with van der Waals surface area (Å²) < 4.78 is 0. The van der Waals surface area contributed by atoms with E-state index in [4.69, 9.17) is 5.73 Å². The van der Waals surface area contributed by atoms with Crippen LogP contribution in [0.5, 0.6) is 0 Å². The molecule has 0 unspecified atom stereocenters. The van der Waals surface area contributed by atoms with Gasteiger partial charge in [0.1, 0.15) is 0 Å². The van der Waals surface area contributed by atoms with Crippen LogP contribution in [0, 0.1) is 27.7 Å². The molecule has 2 heterocycles. The SMILES string of the molecule is Cc1cc(N(C)C)c2cc(NC(=O)Nc3cccc(NC(=O)Nc4ccc5nc(C)c(C)c(N)c5c4C)c3)ccc2n1. The molecule has 0 aliphatic carbocycles. The van der Waals surface area contributed by atoms with Crippen molar-refractivity contribution in [3.05, 3.63) is 83.2 Å². The highest BCUT2D eigenvalue weighted by molar-refractivity contribution is 6.06. The van der Waals surface area contributed by atoms with E-state index in [-0.39, 0.29) is 0 Å². The number of aryl methyl sites for hydroxylation is 3. The molecule has 214 valence electrons. The zero-order valence-corrected chi connectivity index (χ0v) is 24.5. The van der Waals surface area contributed by atoms with Crippen molar-refractivity contribution in [2.24, 2.45) is 0 Å². The highest BCUT2D eigenvalue weighted by Crippen LogP contribution is 2.32. The topological polar surface area (TPSA) is 137 Å². The molecule has 10 nitrogen and oxygen atoms in total. The van der Waals surface area contributed by atoms with Crippen LogP contribution < -0.4 is 31.9 Å². The van der Waals surface area contributed by atoms with Crippen LogP contribution in [0.4, 0.5) is 43.7 Å². The van der Waals surface area contributed by atoms with Crippen LogP contribution >= 0.6 is 0 Å². The molecule has 5 rings (SSSR count). The van der Waals surface area contributed by atoms with Crippen LogP contribution in [0.15, 0.2) is 60.7 Å². The van der Waals surface area contributed by atoms with Crippen molar-refractivity contribution in [1.29, 1.82) is 0 Å². The van der Waals surface area contributed by atoms with Crippen molar-refractivity contribution in [2.45, 2.75) is 27.7 Å². The molecular formula is C32H34N8O2. The molecule has 42 heavy (non-hydrogen) atoms. The number of nitrogens with zero attached hydrogens (tertiary/aromatic N) is 3. The number of fused-ring (bicyclic) bond motifs is 2. The van der Waals surface area contributed by atoms with E-state index < -0.39 is 12.1 Å². The van der Waals surface area contributed by atoms with Gasteiger partial charge in [0.05, 0.1) is 11.0 Å². The minimum absolute atomic E-state index is 0.411. The summed E-state index contributed by atoms with van der Waals surface area (Å²) in [5.41, 5.74) is 15.5. The van der Waals surface area contributed by atoms with Gasteiger partial charge < -0.3 is 31.9 Å². The number of anilines is 6. The van der Waals surface area contributed by atoms with Gasteiger partial charge in [-0.3, -0.25) is 9.97 Å². The summed E-state index contributed by atoms with van der Waals surface area (Å²) in [6.07, 6.45) is 0. The second kappa shape index (κ2) is 11.2. The van der Waals surface area contributed by atoms with Gasteiger partial charge in [-0.05, 0) is 93.4 Å². The quantitative estimate of drug-likeness (QED) is 0.157. The number of hydrogen-bond acceptors (Lipinski definition) is 6. The van der Waals surface area contributed by atoms with E-state index >= 15 is 0 Å². The van der Waals surface area contributed by atoms with Gasteiger partial charge in [-0.2, -0.15) is 0 Å². The van der Waals surface area contributed by atoms with Gasteiger partial charge in [0.2, 0.25) is 0 Å². The first-order chi connectivity index (χ1) is 20.0. The lowest BCUT2D eigenvalue weighted by molar-refractivity contribution is 0.261. The maximum absolute atomic E-state index is 12.9. The van der Waals surface area contributed by atoms with Gasteiger partial charge in [-0.1, -0.05) is 6.07 Å². The molecule has 0 saturated heterocycles. The van der Waals surface area contributed by atoms with E-state index in [0.29, 0.717) is 28.4 Å². The Morgan fingerprint density at radius 3 is 2.00 bits per heavy atom. The fourth-order valence-electron chi connectivity index (χ4n) is 4.95. The maximum atomic E-state index is 12.9. The van der Waals surface area contributed by atoms with E-state index in [1.807, 2.05) is 83.1 Å². The van der Waals surface area contributed by atoms with Gasteiger partial charge in [0.15, 0.2) is 0 Å². The first-order valence-corrected chi connectivity index (χ1v) is 13.5. The van der Waals surface area contributed by atoms with Crippen molar-refractivity contribution < 1.29 is 9.59 Å². The van der Waals surface area contributed by atoms with Gasteiger partial charge in [-0.25, -0.2) is 9.59 Å². The first kappa shape index (κ1) is 28.2. The van der Waals surface area contributed by atoms with Crippen LogP contribution in [-0.2, 0) is 0 Å². The number of rotatable bonds is 5. The second-order valence-corrected chi connectivity index (χ2v) is 10.5. The second-order valence-electron chi connectivity index (χ2n) is 10.5. The molecule has 4 amide bonds. The Balaban J connectivity index is 1.26. The smallest absolute Gasteiger partial charge is 0.323 e. The highest BCUT2D eigenvalue weighted by atomic mass is 16.2. The first-order valence-electron chi connectivity index (χ1n) is 13.5. The Morgan fingerprint density at radius 1 is 0.714 bits per heavy atom. The molecule has 0 spiro atoms. The molecule has 0 atom stereocenters. The summed E-state index contributed by atoms with van der Waals surface area (Å²) in [5, 5.41) is 13.2. The standard InChI is InChI=1S/C32H34N8O2/c1-17-14-28(40(5)6)24-16-23(10-11-26(24)34-17)38-31(41)36-21-8-7-9-22(15-21)37-32(42)39-25-12-13-27-29(19(25)3)30(33)18(2)20(4)35-27/h7-16H,1-6H3,(H2,33,35)(H2,36,38,41)(H2,37,39,42). The number of carbonyl (C=O) groups is 2. The summed E-state index contributed by atoms with van der Waals surface area (Å²) in [4.78, 5) is 36.9. The fourth-order valence-corrected chi connectivity index (χ4v) is 4.95. The van der Waals surface area contributed by atoms with Crippen molar-refractivity contribution in [3.63, 3.8) is 0 Å². The number of benzene rings is 3. The normalized spacial score (nSPS) is 10.9. The monoisotopic (exact) mass is 562 g/mol. The Labute approximate surface area is 244 Å². The van der Waals surface area contributed by atoms with Crippen molar-refractivity contribution in [3.8, 4) is 0 Å². The molecular weight excluding hydrogens is 528 g/mol. The van der Waals surface area contributed by atoms with Gasteiger partial charge in [0, 0.05) is 70.4 Å². The van der Waals surface area contributed by atoms with Crippen LogP contribution in [0.25, 0.3) is 21.8 Å². The zero-order chi connectivity index (χ0) is 30.1. The third-order valence-electron chi connectivity index (χ3n) is 7.23. The number of nitrogens with one attached hydrogen (secondary N) is 4. The van der Waals surface area contributed by atoms with E-state index in [1.165, 1.54) is 0 Å². The number of amides is 4. The molecule has 0 bridgehead atoms. The predicted octanol–water partition coefficient (Wildman–Crippen LogP) is 6.95. The summed E-state index contributed by atoms with van der Waals surface area (Å²) in [6, 6.07) is 17.3. The van der Waals surface area contributed by atoms with Crippen LogP contribution in [-0.4, -0.2) is 36.1 Å². The Hall–Kier alpha value is -5.38. The lowest BCUT2D eigenvalue weighted by atomic mass is 10.0. The maximum Gasteiger partial charge on any atom is 0.323 e. The number of hydrogen-bond donors (Lipinski definition) is 5. The fraction of sp³-hybridized carbons (Fsp3) is 0.188. The molecule has 6 N–H and O–H groups in total. The van der Waals surface area contributed by atoms with Crippen molar-refractivity contribution in [2.75, 3.05) is 46.0 Å². The molecule has 2 aromatic heterocycles. The van der Waals surface area contributed by atoms with E-state index in [9.17, 15) is 9.59 Å². The predicted molar refractivity (Wildman–Crippen MR) is 173 cm³/mol. The largest absolute Gasteiger partial charge is 0.398 e. The molecule has 5 aromatic rings. The average Bonchev–Trinajstić information content (AvgIpc) is 2.93. The average molecular weight is 563 g/mol. The number of urea groups is 2. The molecule has 0 saturated carbocycles. The number of pyridine rings is 2. The summed E-state index contributed by atoms with van der Waals surface area (Å²) in [7, 11) is 3.94. The molecule has 0 aliphatic heterocycles. The molecule has 0 fully saturated rings. The summed E-state index contributed by atoms with van der Waals surface area (Å²) in [5.74, 6) is 0. The minimum Gasteiger partial charge on any atom is -0.398 e. The molecule has 3 aromatic carbocycles. The highest BCUT2D eigenvalue weighted by Gasteiger charge is 2.14.